The largest absolute Gasteiger partial charge is 0.497 e. The molecule has 0 fully saturated rings. The Hall–Kier alpha value is -3.22. The van der Waals surface area contributed by atoms with Crippen molar-refractivity contribution in [3.8, 4) is 17.2 Å². The summed E-state index contributed by atoms with van der Waals surface area (Å²) in [5.74, 6) is 0.648. The number of rotatable bonds is 4. The van der Waals surface area contributed by atoms with Gasteiger partial charge in [-0.05, 0) is 36.4 Å². The molecule has 22 heavy (non-hydrogen) atoms. The number of ether oxygens (including phenoxy) is 1. The fraction of sp³-hybridized carbons (Fsp3) is 0.0667. The van der Waals surface area contributed by atoms with Crippen LogP contribution in [0.4, 0.5) is 6.01 Å². The molecule has 0 saturated carbocycles. The molecule has 0 radical (unpaired) electrons. The van der Waals surface area contributed by atoms with E-state index in [-0.39, 0.29) is 11.9 Å². The summed E-state index contributed by atoms with van der Waals surface area (Å²) in [5, 5.41) is 10.2. The number of hydrogen-bond acceptors (Lipinski definition) is 6. The third kappa shape index (κ3) is 2.93. The number of amides is 1. The van der Waals surface area contributed by atoms with Crippen LogP contribution in [-0.4, -0.2) is 28.2 Å². The van der Waals surface area contributed by atoms with Gasteiger partial charge in [-0.1, -0.05) is 5.10 Å². The Balaban J connectivity index is 1.73. The molecule has 0 spiro atoms. The Morgan fingerprint density at radius 1 is 1.09 bits per heavy atom. The highest BCUT2D eigenvalue weighted by Crippen LogP contribution is 2.19. The smallest absolute Gasteiger partial charge is 0.322 e. The van der Waals surface area contributed by atoms with Crippen molar-refractivity contribution < 1.29 is 13.9 Å². The summed E-state index contributed by atoms with van der Waals surface area (Å²) in [6.07, 6.45) is 3.24. The van der Waals surface area contributed by atoms with Gasteiger partial charge in [0.2, 0.25) is 5.89 Å². The molecule has 1 amide bonds. The minimum atomic E-state index is -0.340. The van der Waals surface area contributed by atoms with E-state index in [0.717, 1.165) is 5.56 Å². The monoisotopic (exact) mass is 296 g/mol. The molecule has 0 atom stereocenters. The van der Waals surface area contributed by atoms with Crippen LogP contribution in [0.25, 0.3) is 11.5 Å². The average molecular weight is 296 g/mol. The number of nitrogens with one attached hydrogen (secondary N) is 1. The molecular formula is C15H12N4O3. The summed E-state index contributed by atoms with van der Waals surface area (Å²) in [4.78, 5) is 16.0. The lowest BCUT2D eigenvalue weighted by Gasteiger charge is -2.02. The zero-order valence-corrected chi connectivity index (χ0v) is 11.7. The first kappa shape index (κ1) is 13.7. The zero-order valence-electron chi connectivity index (χ0n) is 11.7. The van der Waals surface area contributed by atoms with E-state index in [4.69, 9.17) is 9.15 Å². The molecule has 2 heterocycles. The molecule has 7 nitrogen and oxygen atoms in total. The van der Waals surface area contributed by atoms with Crippen molar-refractivity contribution >= 4 is 11.9 Å². The Labute approximate surface area is 126 Å². The van der Waals surface area contributed by atoms with E-state index in [1.54, 1.807) is 55.9 Å². The zero-order chi connectivity index (χ0) is 15.4. The van der Waals surface area contributed by atoms with E-state index in [0.29, 0.717) is 17.2 Å². The number of aromatic nitrogens is 3. The van der Waals surface area contributed by atoms with Crippen molar-refractivity contribution in [3.05, 3.63) is 54.4 Å². The van der Waals surface area contributed by atoms with Crippen LogP contribution >= 0.6 is 0 Å². The Kier molecular flexibility index (Phi) is 3.78. The number of anilines is 1. The molecule has 3 aromatic rings. The summed E-state index contributed by atoms with van der Waals surface area (Å²) >= 11 is 0. The predicted molar refractivity (Wildman–Crippen MR) is 78.5 cm³/mol. The molecule has 1 N–H and O–H groups in total. The van der Waals surface area contributed by atoms with Gasteiger partial charge >= 0.3 is 6.01 Å². The normalized spacial score (nSPS) is 10.2. The van der Waals surface area contributed by atoms with Crippen LogP contribution in [0.3, 0.4) is 0 Å². The molecule has 110 valence electrons. The van der Waals surface area contributed by atoms with Gasteiger partial charge in [0.15, 0.2) is 0 Å². The van der Waals surface area contributed by atoms with Crippen molar-refractivity contribution in [3.63, 3.8) is 0 Å². The van der Waals surface area contributed by atoms with Gasteiger partial charge in [-0.2, -0.15) is 0 Å². The van der Waals surface area contributed by atoms with E-state index in [1.165, 1.54) is 0 Å². The second kappa shape index (κ2) is 6.04. The number of pyridine rings is 1. The number of hydrogen-bond donors (Lipinski definition) is 1. The maximum atomic E-state index is 12.1. The van der Waals surface area contributed by atoms with Crippen molar-refractivity contribution in [1.29, 1.82) is 0 Å². The van der Waals surface area contributed by atoms with Crippen LogP contribution in [0.5, 0.6) is 5.75 Å². The van der Waals surface area contributed by atoms with Gasteiger partial charge in [-0.15, -0.1) is 5.10 Å². The van der Waals surface area contributed by atoms with Crippen molar-refractivity contribution in [1.82, 2.24) is 15.2 Å². The molecule has 0 aliphatic rings. The lowest BCUT2D eigenvalue weighted by molar-refractivity contribution is 0.102. The third-order valence-corrected chi connectivity index (χ3v) is 2.92. The summed E-state index contributed by atoms with van der Waals surface area (Å²) in [7, 11) is 1.56. The fourth-order valence-corrected chi connectivity index (χ4v) is 1.80. The van der Waals surface area contributed by atoms with Gasteiger partial charge in [0.25, 0.3) is 5.91 Å². The van der Waals surface area contributed by atoms with Gasteiger partial charge in [0.05, 0.1) is 7.11 Å². The van der Waals surface area contributed by atoms with Crippen molar-refractivity contribution in [2.24, 2.45) is 0 Å². The quantitative estimate of drug-likeness (QED) is 0.795. The Bertz CT molecular complexity index is 769. The molecule has 3 rings (SSSR count). The van der Waals surface area contributed by atoms with Gasteiger partial charge in [-0.25, -0.2) is 0 Å². The predicted octanol–water partition coefficient (Wildman–Crippen LogP) is 2.39. The maximum absolute atomic E-state index is 12.1. The highest BCUT2D eigenvalue weighted by atomic mass is 16.5. The first-order valence-electron chi connectivity index (χ1n) is 6.45. The van der Waals surface area contributed by atoms with Crippen LogP contribution in [0.15, 0.2) is 53.2 Å². The van der Waals surface area contributed by atoms with Crippen LogP contribution in [0, 0.1) is 0 Å². The third-order valence-electron chi connectivity index (χ3n) is 2.92. The summed E-state index contributed by atoms with van der Waals surface area (Å²) in [5.41, 5.74) is 1.19. The number of carbonyl (C=O) groups excluding carboxylic acids is 1. The van der Waals surface area contributed by atoms with Crippen LogP contribution < -0.4 is 10.1 Å². The van der Waals surface area contributed by atoms with E-state index >= 15 is 0 Å². The highest BCUT2D eigenvalue weighted by molar-refractivity contribution is 6.03. The molecule has 2 aromatic heterocycles. The van der Waals surface area contributed by atoms with Gasteiger partial charge in [-0.3, -0.25) is 15.1 Å². The first-order chi connectivity index (χ1) is 10.8. The van der Waals surface area contributed by atoms with E-state index in [9.17, 15) is 4.79 Å². The molecule has 0 aliphatic carbocycles. The molecular weight excluding hydrogens is 284 g/mol. The van der Waals surface area contributed by atoms with Crippen molar-refractivity contribution in [2.45, 2.75) is 0 Å². The minimum absolute atomic E-state index is 0.0348. The topological polar surface area (TPSA) is 90.1 Å². The molecule has 7 heteroatoms. The van der Waals surface area contributed by atoms with Crippen LogP contribution in [0.2, 0.25) is 0 Å². The van der Waals surface area contributed by atoms with Crippen LogP contribution in [-0.2, 0) is 0 Å². The lowest BCUT2D eigenvalue weighted by Crippen LogP contribution is -2.11. The van der Waals surface area contributed by atoms with Gasteiger partial charge in [0.1, 0.15) is 5.75 Å². The maximum Gasteiger partial charge on any atom is 0.322 e. The van der Waals surface area contributed by atoms with Crippen LogP contribution in [0.1, 0.15) is 10.4 Å². The summed E-state index contributed by atoms with van der Waals surface area (Å²) in [6, 6.07) is 10.2. The molecule has 0 bridgehead atoms. The standard InChI is InChI=1S/C15H12N4O3/c1-21-12-4-2-10(3-5-12)13(20)17-15-19-18-14(22-15)11-6-8-16-9-7-11/h2-9H,1H3,(H,17,19,20). The number of methoxy groups -OCH3 is 1. The van der Waals surface area contributed by atoms with E-state index in [2.05, 4.69) is 20.5 Å². The molecule has 0 unspecified atom stereocenters. The second-order valence-electron chi connectivity index (χ2n) is 4.33. The fourth-order valence-electron chi connectivity index (χ4n) is 1.80. The second-order valence-corrected chi connectivity index (χ2v) is 4.33. The number of benzene rings is 1. The Morgan fingerprint density at radius 2 is 1.82 bits per heavy atom. The molecule has 0 saturated heterocycles. The first-order valence-corrected chi connectivity index (χ1v) is 6.45. The SMILES string of the molecule is COc1ccc(C(=O)Nc2nnc(-c3ccncc3)o2)cc1. The Morgan fingerprint density at radius 3 is 2.50 bits per heavy atom. The number of nitrogens with zero attached hydrogens (tertiary/aromatic N) is 3. The molecule has 1 aromatic carbocycles. The highest BCUT2D eigenvalue weighted by Gasteiger charge is 2.12. The number of carbonyl (C=O) groups is 1. The molecule has 0 aliphatic heterocycles. The van der Waals surface area contributed by atoms with Gasteiger partial charge < -0.3 is 9.15 Å². The van der Waals surface area contributed by atoms with Crippen molar-refractivity contribution in [2.75, 3.05) is 12.4 Å². The summed E-state index contributed by atoms with van der Waals surface area (Å²) in [6.45, 7) is 0. The van der Waals surface area contributed by atoms with Gasteiger partial charge in [0, 0.05) is 23.5 Å². The minimum Gasteiger partial charge on any atom is -0.497 e. The average Bonchev–Trinajstić information content (AvgIpc) is 3.04. The summed E-state index contributed by atoms with van der Waals surface area (Å²) < 4.78 is 10.4. The lowest BCUT2D eigenvalue weighted by atomic mass is 10.2. The van der Waals surface area contributed by atoms with E-state index < -0.39 is 0 Å². The van der Waals surface area contributed by atoms with E-state index in [1.807, 2.05) is 0 Å².